The van der Waals surface area contributed by atoms with Gasteiger partial charge in [-0.25, -0.2) is 0 Å². The first-order valence-electron chi connectivity index (χ1n) is 6.36. The summed E-state index contributed by atoms with van der Waals surface area (Å²) in [5.41, 5.74) is 1.04. The highest BCUT2D eigenvalue weighted by Gasteiger charge is 2.25. The number of benzene rings is 1. The number of nitro benzene ring substituents is 1. The van der Waals surface area contributed by atoms with E-state index in [9.17, 15) is 15.2 Å². The Hall–Kier alpha value is -1.14. The molecule has 0 bridgehead atoms. The molecule has 1 N–H and O–H groups in total. The van der Waals surface area contributed by atoms with Crippen LogP contribution in [-0.4, -0.2) is 29.2 Å². The number of nitrogens with zero attached hydrogens (tertiary/aromatic N) is 2. The fourth-order valence-electron chi connectivity index (χ4n) is 2.49. The molecule has 104 valence electrons. The van der Waals surface area contributed by atoms with Gasteiger partial charge in [0, 0.05) is 35.6 Å². The van der Waals surface area contributed by atoms with Gasteiger partial charge in [0.05, 0.1) is 16.7 Å². The van der Waals surface area contributed by atoms with Crippen LogP contribution in [-0.2, 0) is 0 Å². The number of piperidine rings is 1. The Labute approximate surface area is 120 Å². The van der Waals surface area contributed by atoms with E-state index < -0.39 is 4.92 Å². The Morgan fingerprint density at radius 1 is 1.58 bits per heavy atom. The van der Waals surface area contributed by atoms with Crippen molar-refractivity contribution in [3.05, 3.63) is 32.8 Å². The van der Waals surface area contributed by atoms with Crippen LogP contribution in [0.4, 0.5) is 11.4 Å². The highest BCUT2D eigenvalue weighted by molar-refractivity contribution is 9.10. The summed E-state index contributed by atoms with van der Waals surface area (Å²) in [6.07, 6.45) is 1.73. The second-order valence-corrected chi connectivity index (χ2v) is 5.84. The van der Waals surface area contributed by atoms with E-state index in [0.29, 0.717) is 0 Å². The number of halogens is 1. The van der Waals surface area contributed by atoms with Crippen LogP contribution in [0.5, 0.6) is 0 Å². The lowest BCUT2D eigenvalue weighted by molar-refractivity contribution is -0.384. The summed E-state index contributed by atoms with van der Waals surface area (Å²) in [5.74, 6) is 0.260. The molecule has 6 heteroatoms. The minimum Gasteiger partial charge on any atom is -0.393 e. The molecule has 1 heterocycles. The number of rotatable bonds is 3. The Bertz CT molecular complexity index is 479. The van der Waals surface area contributed by atoms with Gasteiger partial charge in [0.25, 0.3) is 5.69 Å². The third-order valence-corrected chi connectivity index (χ3v) is 4.26. The van der Waals surface area contributed by atoms with Crippen LogP contribution in [0.2, 0.25) is 0 Å². The van der Waals surface area contributed by atoms with Gasteiger partial charge in [0.2, 0.25) is 0 Å². The topological polar surface area (TPSA) is 66.6 Å². The van der Waals surface area contributed by atoms with Crippen molar-refractivity contribution in [2.24, 2.45) is 5.92 Å². The van der Waals surface area contributed by atoms with Crippen molar-refractivity contribution in [1.82, 2.24) is 0 Å². The van der Waals surface area contributed by atoms with Crippen molar-refractivity contribution in [1.29, 1.82) is 0 Å². The van der Waals surface area contributed by atoms with Crippen molar-refractivity contribution >= 4 is 27.3 Å². The molecule has 0 radical (unpaired) electrons. The lowest BCUT2D eigenvalue weighted by Gasteiger charge is -2.36. The van der Waals surface area contributed by atoms with Gasteiger partial charge < -0.3 is 10.0 Å². The molecule has 2 atom stereocenters. The van der Waals surface area contributed by atoms with E-state index in [2.05, 4.69) is 20.8 Å². The average Bonchev–Trinajstić information content (AvgIpc) is 2.38. The molecule has 0 aliphatic carbocycles. The van der Waals surface area contributed by atoms with Gasteiger partial charge in [-0.1, -0.05) is 0 Å². The van der Waals surface area contributed by atoms with E-state index in [4.69, 9.17) is 0 Å². The lowest BCUT2D eigenvalue weighted by atomic mass is 9.93. The monoisotopic (exact) mass is 328 g/mol. The third-order valence-electron chi connectivity index (χ3n) is 3.62. The van der Waals surface area contributed by atoms with E-state index in [1.54, 1.807) is 6.07 Å². The van der Waals surface area contributed by atoms with Crippen molar-refractivity contribution in [3.63, 3.8) is 0 Å². The van der Waals surface area contributed by atoms with Crippen LogP contribution in [0.15, 0.2) is 22.7 Å². The molecular formula is C13H17BrN2O3. The molecule has 5 nitrogen and oxygen atoms in total. The average molecular weight is 329 g/mol. The van der Waals surface area contributed by atoms with Gasteiger partial charge >= 0.3 is 0 Å². The largest absolute Gasteiger partial charge is 0.393 e. The molecule has 1 saturated heterocycles. The van der Waals surface area contributed by atoms with Crippen LogP contribution in [0.25, 0.3) is 0 Å². The van der Waals surface area contributed by atoms with Gasteiger partial charge in [-0.3, -0.25) is 10.1 Å². The van der Waals surface area contributed by atoms with Gasteiger partial charge in [0.1, 0.15) is 0 Å². The summed E-state index contributed by atoms with van der Waals surface area (Å²) >= 11 is 3.40. The molecule has 1 aromatic carbocycles. The summed E-state index contributed by atoms with van der Waals surface area (Å²) in [6, 6.07) is 4.82. The highest BCUT2D eigenvalue weighted by atomic mass is 79.9. The van der Waals surface area contributed by atoms with Gasteiger partial charge in [-0.15, -0.1) is 0 Å². The zero-order valence-corrected chi connectivity index (χ0v) is 12.3. The first-order chi connectivity index (χ1) is 8.99. The van der Waals surface area contributed by atoms with E-state index >= 15 is 0 Å². The zero-order valence-electron chi connectivity index (χ0n) is 10.8. The second-order valence-electron chi connectivity index (χ2n) is 4.98. The summed E-state index contributed by atoms with van der Waals surface area (Å²) in [4.78, 5) is 12.5. The molecule has 0 spiro atoms. The number of non-ortho nitro benzene ring substituents is 1. The Balaban J connectivity index is 2.19. The first-order valence-corrected chi connectivity index (χ1v) is 7.15. The molecule has 1 aliphatic rings. The summed E-state index contributed by atoms with van der Waals surface area (Å²) in [6.45, 7) is 3.52. The van der Waals surface area contributed by atoms with Crippen molar-refractivity contribution in [2.75, 3.05) is 18.0 Å². The van der Waals surface area contributed by atoms with Gasteiger partial charge in [-0.2, -0.15) is 0 Å². The molecule has 0 amide bonds. The normalized spacial score (nSPS) is 21.2. The van der Waals surface area contributed by atoms with Crippen LogP contribution in [0, 0.1) is 16.0 Å². The molecule has 2 rings (SSSR count). The first kappa shape index (κ1) is 14.3. The van der Waals surface area contributed by atoms with E-state index in [1.807, 2.05) is 6.92 Å². The fraction of sp³-hybridized carbons (Fsp3) is 0.538. The predicted molar refractivity (Wildman–Crippen MR) is 77.4 cm³/mol. The Morgan fingerprint density at radius 3 is 2.89 bits per heavy atom. The SMILES string of the molecule is CC(O)C1CCCN(c2ccc([N+](=O)[O-])cc2Br)C1. The molecule has 0 saturated carbocycles. The zero-order chi connectivity index (χ0) is 14.0. The second kappa shape index (κ2) is 5.88. The summed E-state index contributed by atoms with van der Waals surface area (Å²) in [7, 11) is 0. The van der Waals surface area contributed by atoms with Crippen molar-refractivity contribution < 1.29 is 10.0 Å². The standard InChI is InChI=1S/C13H17BrN2O3/c1-9(17)10-3-2-6-15(8-10)13-5-4-11(16(18)19)7-12(13)14/h4-5,7,9-10,17H,2-3,6,8H2,1H3. The minimum absolute atomic E-state index is 0.0831. The van der Waals surface area contributed by atoms with Crippen molar-refractivity contribution in [2.45, 2.75) is 25.9 Å². The highest BCUT2D eigenvalue weighted by Crippen LogP contribution is 2.33. The maximum Gasteiger partial charge on any atom is 0.270 e. The molecule has 1 aromatic rings. The van der Waals surface area contributed by atoms with E-state index in [1.165, 1.54) is 12.1 Å². The lowest BCUT2D eigenvalue weighted by Crippen LogP contribution is -2.39. The van der Waals surface area contributed by atoms with E-state index in [-0.39, 0.29) is 17.7 Å². The van der Waals surface area contributed by atoms with Gasteiger partial charge in [0.15, 0.2) is 0 Å². The number of hydrogen-bond donors (Lipinski definition) is 1. The number of aliphatic hydroxyl groups is 1. The summed E-state index contributed by atoms with van der Waals surface area (Å²) < 4.78 is 0.730. The van der Waals surface area contributed by atoms with Gasteiger partial charge in [-0.05, 0) is 41.8 Å². The van der Waals surface area contributed by atoms with Crippen LogP contribution in [0.1, 0.15) is 19.8 Å². The maximum atomic E-state index is 10.7. The number of anilines is 1. The Morgan fingerprint density at radius 2 is 2.32 bits per heavy atom. The summed E-state index contributed by atoms with van der Waals surface area (Å²) in [5, 5.41) is 20.4. The van der Waals surface area contributed by atoms with Crippen LogP contribution >= 0.6 is 15.9 Å². The molecule has 1 aliphatic heterocycles. The molecule has 2 unspecified atom stereocenters. The van der Waals surface area contributed by atoms with Crippen LogP contribution < -0.4 is 4.90 Å². The smallest absolute Gasteiger partial charge is 0.270 e. The maximum absolute atomic E-state index is 10.7. The predicted octanol–water partition coefficient (Wildman–Crippen LogP) is 2.95. The minimum atomic E-state index is -0.399. The van der Waals surface area contributed by atoms with Crippen LogP contribution in [0.3, 0.4) is 0 Å². The quantitative estimate of drug-likeness (QED) is 0.684. The number of aliphatic hydroxyl groups excluding tert-OH is 1. The number of nitro groups is 1. The molecule has 1 fully saturated rings. The molecule has 19 heavy (non-hydrogen) atoms. The Kier molecular flexibility index (Phi) is 4.42. The van der Waals surface area contributed by atoms with Crippen molar-refractivity contribution in [3.8, 4) is 0 Å². The third kappa shape index (κ3) is 3.25. The van der Waals surface area contributed by atoms with E-state index in [0.717, 1.165) is 36.1 Å². The molecule has 0 aromatic heterocycles. The number of hydrogen-bond acceptors (Lipinski definition) is 4. The molecular weight excluding hydrogens is 312 g/mol. The fourth-order valence-corrected chi connectivity index (χ4v) is 3.11.